The normalized spacial score (nSPS) is 11.5. The molecule has 33 heavy (non-hydrogen) atoms. The molecule has 170 valence electrons. The second-order valence-electron chi connectivity index (χ2n) is 7.16. The lowest BCUT2D eigenvalue weighted by atomic mass is 10.0. The Labute approximate surface area is 201 Å². The van der Waals surface area contributed by atoms with Gasteiger partial charge in [0.2, 0.25) is 11.8 Å². The number of rotatable bonds is 9. The molecule has 0 fully saturated rings. The Kier molecular flexibility index (Phi) is 8.40. The number of halogens is 2. The summed E-state index contributed by atoms with van der Waals surface area (Å²) in [5.41, 5.74) is 1.71. The quantitative estimate of drug-likeness (QED) is 0.264. The fourth-order valence-electron chi connectivity index (χ4n) is 3.39. The Morgan fingerprint density at radius 1 is 1.00 bits per heavy atom. The number of nitro groups is 1. The number of alkyl halides is 1. The van der Waals surface area contributed by atoms with Crippen molar-refractivity contribution in [3.8, 4) is 0 Å². The van der Waals surface area contributed by atoms with Crippen molar-refractivity contribution < 1.29 is 14.5 Å². The molecule has 0 aliphatic carbocycles. The first-order chi connectivity index (χ1) is 15.9. The third kappa shape index (κ3) is 6.31. The number of nitro benzene ring substituents is 1. The van der Waals surface area contributed by atoms with E-state index in [1.807, 2.05) is 30.3 Å². The van der Waals surface area contributed by atoms with Crippen molar-refractivity contribution in [2.45, 2.75) is 12.5 Å². The van der Waals surface area contributed by atoms with Crippen LogP contribution in [-0.4, -0.2) is 29.2 Å². The number of benzene rings is 3. The number of anilines is 1. The smallest absolute Gasteiger partial charge is 0.269 e. The molecular weight excluding hydrogens is 465 g/mol. The molecule has 1 N–H and O–H groups in total. The third-order valence-electron chi connectivity index (χ3n) is 4.95. The van der Waals surface area contributed by atoms with Gasteiger partial charge in [-0.05, 0) is 47.9 Å². The molecule has 1 unspecified atom stereocenters. The van der Waals surface area contributed by atoms with Crippen molar-refractivity contribution >= 4 is 46.4 Å². The van der Waals surface area contributed by atoms with E-state index in [0.717, 1.165) is 5.56 Å². The molecule has 9 heteroatoms. The van der Waals surface area contributed by atoms with Gasteiger partial charge in [-0.2, -0.15) is 0 Å². The predicted octanol–water partition coefficient (Wildman–Crippen LogP) is 4.92. The van der Waals surface area contributed by atoms with E-state index >= 15 is 0 Å². The van der Waals surface area contributed by atoms with Crippen molar-refractivity contribution in [3.63, 3.8) is 0 Å². The summed E-state index contributed by atoms with van der Waals surface area (Å²) < 4.78 is 0. The highest BCUT2D eigenvalue weighted by Crippen LogP contribution is 2.31. The van der Waals surface area contributed by atoms with Gasteiger partial charge in [-0.25, -0.2) is 0 Å². The zero-order valence-corrected chi connectivity index (χ0v) is 19.0. The van der Waals surface area contributed by atoms with Gasteiger partial charge in [0.1, 0.15) is 11.9 Å². The van der Waals surface area contributed by atoms with Gasteiger partial charge in [0, 0.05) is 29.4 Å². The fraction of sp³-hybridized carbons (Fsp3) is 0.167. The standard InChI is InChI=1S/C24H21Cl2N3O4/c25-16-22(30)28(21-8-4-7-19(26)15-21)23(18-9-11-20(12-10-18)29(32)33)24(31)27-14-13-17-5-2-1-3-6-17/h1-12,15,23H,13-14,16H2,(H,27,31). The predicted molar refractivity (Wildman–Crippen MR) is 129 cm³/mol. The first kappa shape index (κ1) is 24.2. The molecule has 0 heterocycles. The van der Waals surface area contributed by atoms with E-state index in [9.17, 15) is 19.7 Å². The number of nitrogens with one attached hydrogen (secondary N) is 1. The molecule has 0 radical (unpaired) electrons. The van der Waals surface area contributed by atoms with Crippen molar-refractivity contribution in [2.75, 3.05) is 17.3 Å². The number of carbonyl (C=O) groups excluding carboxylic acids is 2. The molecule has 0 aliphatic heterocycles. The molecule has 0 aromatic heterocycles. The maximum Gasteiger partial charge on any atom is 0.269 e. The van der Waals surface area contributed by atoms with Crippen LogP contribution in [0.15, 0.2) is 78.9 Å². The van der Waals surface area contributed by atoms with Gasteiger partial charge in [0.05, 0.1) is 4.92 Å². The van der Waals surface area contributed by atoms with E-state index in [4.69, 9.17) is 23.2 Å². The summed E-state index contributed by atoms with van der Waals surface area (Å²) >= 11 is 12.0. The molecule has 7 nitrogen and oxygen atoms in total. The van der Waals surface area contributed by atoms with Gasteiger partial charge in [-0.15, -0.1) is 11.6 Å². The van der Waals surface area contributed by atoms with Crippen molar-refractivity contribution in [3.05, 3.63) is 105 Å². The van der Waals surface area contributed by atoms with E-state index in [2.05, 4.69) is 5.32 Å². The monoisotopic (exact) mass is 485 g/mol. The molecule has 1 atom stereocenters. The van der Waals surface area contributed by atoms with Gasteiger partial charge in [-0.1, -0.05) is 48.0 Å². The highest BCUT2D eigenvalue weighted by atomic mass is 35.5. The largest absolute Gasteiger partial charge is 0.354 e. The zero-order valence-electron chi connectivity index (χ0n) is 17.5. The second kappa shape index (κ2) is 11.4. The van der Waals surface area contributed by atoms with E-state index in [1.54, 1.807) is 24.3 Å². The van der Waals surface area contributed by atoms with Gasteiger partial charge >= 0.3 is 0 Å². The molecule has 3 rings (SSSR count). The average Bonchev–Trinajstić information content (AvgIpc) is 2.82. The number of hydrogen-bond donors (Lipinski definition) is 1. The van der Waals surface area contributed by atoms with E-state index < -0.39 is 22.8 Å². The van der Waals surface area contributed by atoms with E-state index in [-0.39, 0.29) is 11.6 Å². The minimum Gasteiger partial charge on any atom is -0.354 e. The topological polar surface area (TPSA) is 92.5 Å². The van der Waals surface area contributed by atoms with Crippen molar-refractivity contribution in [1.82, 2.24) is 5.32 Å². The number of non-ortho nitro benzene ring substituents is 1. The lowest BCUT2D eigenvalue weighted by molar-refractivity contribution is -0.384. The van der Waals surface area contributed by atoms with Crippen LogP contribution in [-0.2, 0) is 16.0 Å². The van der Waals surface area contributed by atoms with Gasteiger partial charge < -0.3 is 5.32 Å². The Bertz CT molecular complexity index is 1120. The van der Waals surface area contributed by atoms with Crippen LogP contribution in [0.1, 0.15) is 17.2 Å². The van der Waals surface area contributed by atoms with Gasteiger partial charge in [0.15, 0.2) is 0 Å². The fourth-order valence-corrected chi connectivity index (χ4v) is 3.71. The van der Waals surface area contributed by atoms with Gasteiger partial charge in [0.25, 0.3) is 5.69 Å². The molecule has 0 spiro atoms. The maximum atomic E-state index is 13.4. The summed E-state index contributed by atoms with van der Waals surface area (Å²) in [5, 5.41) is 14.3. The molecule has 0 bridgehead atoms. The number of hydrogen-bond acceptors (Lipinski definition) is 4. The summed E-state index contributed by atoms with van der Waals surface area (Å²) in [6.07, 6.45) is 0.597. The maximum absolute atomic E-state index is 13.4. The minimum absolute atomic E-state index is 0.125. The third-order valence-corrected chi connectivity index (χ3v) is 5.42. The molecule has 0 saturated carbocycles. The first-order valence-corrected chi connectivity index (χ1v) is 11.0. The highest BCUT2D eigenvalue weighted by Gasteiger charge is 2.32. The van der Waals surface area contributed by atoms with Crippen LogP contribution in [0, 0.1) is 10.1 Å². The highest BCUT2D eigenvalue weighted by molar-refractivity contribution is 6.31. The van der Waals surface area contributed by atoms with Crippen molar-refractivity contribution in [1.29, 1.82) is 0 Å². The van der Waals surface area contributed by atoms with E-state index in [1.165, 1.54) is 29.2 Å². The van der Waals surface area contributed by atoms with Crippen LogP contribution in [0.25, 0.3) is 0 Å². The SMILES string of the molecule is O=C(NCCc1ccccc1)C(c1ccc([N+](=O)[O-])cc1)N(C(=O)CCl)c1cccc(Cl)c1. The van der Waals surface area contributed by atoms with Crippen molar-refractivity contribution in [2.24, 2.45) is 0 Å². The van der Waals surface area contributed by atoms with Crippen LogP contribution < -0.4 is 10.2 Å². The van der Waals surface area contributed by atoms with Crippen LogP contribution >= 0.6 is 23.2 Å². The number of amides is 2. The molecule has 3 aromatic rings. The Morgan fingerprint density at radius 2 is 1.70 bits per heavy atom. The van der Waals surface area contributed by atoms with Crippen LogP contribution in [0.4, 0.5) is 11.4 Å². The Balaban J connectivity index is 1.96. The second-order valence-corrected chi connectivity index (χ2v) is 7.86. The lowest BCUT2D eigenvalue weighted by Gasteiger charge is -2.31. The molecule has 0 aliphatic rings. The minimum atomic E-state index is -1.11. The van der Waals surface area contributed by atoms with Gasteiger partial charge in [-0.3, -0.25) is 24.6 Å². The van der Waals surface area contributed by atoms with E-state index in [0.29, 0.717) is 29.2 Å². The number of nitrogens with zero attached hydrogens (tertiary/aromatic N) is 2. The summed E-state index contributed by atoms with van der Waals surface area (Å²) in [6.45, 7) is 0.338. The Hall–Kier alpha value is -3.42. The molecule has 0 saturated heterocycles. The molecule has 2 amide bonds. The zero-order chi connectivity index (χ0) is 23.8. The van der Waals surface area contributed by atoms with Crippen LogP contribution in [0.2, 0.25) is 5.02 Å². The Morgan fingerprint density at radius 3 is 2.30 bits per heavy atom. The summed E-state index contributed by atoms with van der Waals surface area (Å²) in [5.74, 6) is -1.33. The number of carbonyl (C=O) groups is 2. The molecular formula is C24H21Cl2N3O4. The summed E-state index contributed by atoms with van der Waals surface area (Å²) in [4.78, 5) is 38.0. The average molecular weight is 486 g/mol. The summed E-state index contributed by atoms with van der Waals surface area (Å²) in [6, 6.07) is 20.5. The van der Waals surface area contributed by atoms with Crippen LogP contribution in [0.3, 0.4) is 0 Å². The first-order valence-electron chi connectivity index (χ1n) is 10.1. The molecule has 3 aromatic carbocycles. The summed E-state index contributed by atoms with van der Waals surface area (Å²) in [7, 11) is 0. The lowest BCUT2D eigenvalue weighted by Crippen LogP contribution is -2.45. The van der Waals surface area contributed by atoms with Crippen LogP contribution in [0.5, 0.6) is 0 Å².